The standard InChI is InChI=1S/C22H28N2O2/c1-22(2)14-19(26-15-21(25)24-9-7-23-8-10-24)12-18-11-16-5-3-4-6-17(16)13-20(18)22/h3-6,14,23H,7-13,15H2,1-2H3. The number of allylic oxidation sites excluding steroid dienone is 3. The Morgan fingerprint density at radius 2 is 1.81 bits per heavy atom. The number of benzene rings is 1. The van der Waals surface area contributed by atoms with Crippen molar-refractivity contribution in [3.63, 3.8) is 0 Å². The van der Waals surface area contributed by atoms with Crippen LogP contribution in [0.5, 0.6) is 0 Å². The summed E-state index contributed by atoms with van der Waals surface area (Å²) in [7, 11) is 0. The van der Waals surface area contributed by atoms with E-state index >= 15 is 0 Å². The summed E-state index contributed by atoms with van der Waals surface area (Å²) in [5, 5.41) is 3.27. The maximum atomic E-state index is 12.4. The molecule has 0 spiro atoms. The van der Waals surface area contributed by atoms with E-state index in [1.807, 2.05) is 4.90 Å². The molecule has 1 saturated heterocycles. The molecule has 0 radical (unpaired) electrons. The highest BCUT2D eigenvalue weighted by Gasteiger charge is 2.33. The number of ether oxygens (including phenoxy) is 1. The molecule has 4 nitrogen and oxygen atoms in total. The van der Waals surface area contributed by atoms with Crippen LogP contribution in [-0.4, -0.2) is 43.6 Å². The minimum absolute atomic E-state index is 0.0193. The number of hydrogen-bond acceptors (Lipinski definition) is 3. The van der Waals surface area contributed by atoms with Gasteiger partial charge in [0.1, 0.15) is 0 Å². The van der Waals surface area contributed by atoms with Gasteiger partial charge in [0, 0.05) is 38.0 Å². The van der Waals surface area contributed by atoms with Gasteiger partial charge in [0.05, 0.1) is 5.76 Å². The van der Waals surface area contributed by atoms with Crippen LogP contribution in [-0.2, 0) is 22.4 Å². The molecule has 1 aromatic carbocycles. The van der Waals surface area contributed by atoms with Gasteiger partial charge in [0.2, 0.25) is 0 Å². The average Bonchev–Trinajstić information content (AvgIpc) is 2.65. The van der Waals surface area contributed by atoms with E-state index in [0.717, 1.165) is 51.2 Å². The lowest BCUT2D eigenvalue weighted by Gasteiger charge is -2.37. The molecule has 1 fully saturated rings. The fourth-order valence-electron chi connectivity index (χ4n) is 4.41. The number of carbonyl (C=O) groups excluding carboxylic acids is 1. The summed E-state index contributed by atoms with van der Waals surface area (Å²) in [6, 6.07) is 8.74. The van der Waals surface area contributed by atoms with Crippen LogP contribution >= 0.6 is 0 Å². The molecule has 0 unspecified atom stereocenters. The van der Waals surface area contributed by atoms with Crippen LogP contribution in [0.2, 0.25) is 0 Å². The summed E-state index contributed by atoms with van der Waals surface area (Å²) in [4.78, 5) is 14.3. The Bertz CT molecular complexity index is 770. The SMILES string of the molecule is CC1(C)C=C(OCC(=O)N2CCNCC2)CC2=C1Cc1ccccc1C2. The van der Waals surface area contributed by atoms with E-state index in [2.05, 4.69) is 49.5 Å². The Morgan fingerprint density at radius 3 is 2.54 bits per heavy atom. The van der Waals surface area contributed by atoms with Gasteiger partial charge in [0.15, 0.2) is 6.61 Å². The molecule has 0 bridgehead atoms. The van der Waals surface area contributed by atoms with Gasteiger partial charge in [-0.15, -0.1) is 0 Å². The van der Waals surface area contributed by atoms with Crippen LogP contribution in [0.4, 0.5) is 0 Å². The van der Waals surface area contributed by atoms with Crippen molar-refractivity contribution >= 4 is 5.91 Å². The van der Waals surface area contributed by atoms with E-state index in [4.69, 9.17) is 4.74 Å². The Morgan fingerprint density at radius 1 is 1.12 bits per heavy atom. The first-order valence-corrected chi connectivity index (χ1v) is 9.64. The van der Waals surface area contributed by atoms with Crippen LogP contribution in [0.1, 0.15) is 31.4 Å². The number of nitrogens with zero attached hydrogens (tertiary/aromatic N) is 1. The van der Waals surface area contributed by atoms with E-state index in [-0.39, 0.29) is 17.9 Å². The minimum Gasteiger partial charge on any atom is -0.488 e. The molecule has 1 N–H and O–H groups in total. The smallest absolute Gasteiger partial charge is 0.260 e. The highest BCUT2D eigenvalue weighted by Crippen LogP contribution is 2.44. The fraction of sp³-hybridized carbons (Fsp3) is 0.500. The van der Waals surface area contributed by atoms with Gasteiger partial charge in [-0.1, -0.05) is 49.3 Å². The first kappa shape index (κ1) is 17.3. The molecule has 1 heterocycles. The zero-order valence-electron chi connectivity index (χ0n) is 15.8. The average molecular weight is 352 g/mol. The third-order valence-corrected chi connectivity index (χ3v) is 5.85. The number of rotatable bonds is 3. The molecular weight excluding hydrogens is 324 g/mol. The maximum Gasteiger partial charge on any atom is 0.260 e. The molecule has 26 heavy (non-hydrogen) atoms. The molecule has 0 aromatic heterocycles. The Balaban J connectivity index is 1.44. The van der Waals surface area contributed by atoms with Gasteiger partial charge in [-0.3, -0.25) is 4.79 Å². The van der Waals surface area contributed by atoms with Crippen molar-refractivity contribution in [3.8, 4) is 0 Å². The molecule has 0 saturated carbocycles. The summed E-state index contributed by atoms with van der Waals surface area (Å²) < 4.78 is 5.99. The topological polar surface area (TPSA) is 41.6 Å². The molecule has 1 amide bonds. The fourth-order valence-corrected chi connectivity index (χ4v) is 4.41. The normalized spacial score (nSPS) is 21.6. The zero-order valence-corrected chi connectivity index (χ0v) is 15.8. The third-order valence-electron chi connectivity index (χ3n) is 5.85. The number of piperazine rings is 1. The van der Waals surface area contributed by atoms with Crippen molar-refractivity contribution in [2.24, 2.45) is 5.41 Å². The van der Waals surface area contributed by atoms with Crippen molar-refractivity contribution in [2.75, 3.05) is 32.8 Å². The molecule has 2 aliphatic carbocycles. The predicted octanol–water partition coefficient (Wildman–Crippen LogP) is 2.84. The van der Waals surface area contributed by atoms with Crippen LogP contribution in [0.25, 0.3) is 0 Å². The van der Waals surface area contributed by atoms with Gasteiger partial charge in [-0.25, -0.2) is 0 Å². The summed E-state index contributed by atoms with van der Waals surface area (Å²) >= 11 is 0. The van der Waals surface area contributed by atoms with Gasteiger partial charge in [0.25, 0.3) is 5.91 Å². The van der Waals surface area contributed by atoms with Crippen molar-refractivity contribution in [2.45, 2.75) is 33.1 Å². The quantitative estimate of drug-likeness (QED) is 0.851. The molecular formula is C22H28N2O2. The van der Waals surface area contributed by atoms with Gasteiger partial charge < -0.3 is 15.0 Å². The molecule has 3 aliphatic rings. The van der Waals surface area contributed by atoms with Crippen molar-refractivity contribution in [3.05, 3.63) is 58.4 Å². The number of fused-ring (bicyclic) bond motifs is 1. The highest BCUT2D eigenvalue weighted by molar-refractivity contribution is 5.77. The summed E-state index contributed by atoms with van der Waals surface area (Å²) in [6.45, 7) is 7.97. The summed E-state index contributed by atoms with van der Waals surface area (Å²) in [5.74, 6) is 1.05. The molecule has 138 valence electrons. The summed E-state index contributed by atoms with van der Waals surface area (Å²) in [5.41, 5.74) is 5.86. The van der Waals surface area contributed by atoms with Crippen molar-refractivity contribution in [1.82, 2.24) is 10.2 Å². The Labute approximate surface area is 155 Å². The van der Waals surface area contributed by atoms with Crippen LogP contribution in [0.15, 0.2) is 47.2 Å². The first-order valence-electron chi connectivity index (χ1n) is 9.64. The van der Waals surface area contributed by atoms with Crippen LogP contribution < -0.4 is 5.32 Å². The lowest BCUT2D eigenvalue weighted by atomic mass is 9.69. The van der Waals surface area contributed by atoms with E-state index in [0.29, 0.717) is 0 Å². The summed E-state index contributed by atoms with van der Waals surface area (Å²) in [6.07, 6.45) is 5.09. The maximum absolute atomic E-state index is 12.4. The number of nitrogens with one attached hydrogen (secondary N) is 1. The molecule has 4 rings (SSSR count). The first-order chi connectivity index (χ1) is 12.5. The zero-order chi connectivity index (χ0) is 18.1. The van der Waals surface area contributed by atoms with E-state index in [9.17, 15) is 4.79 Å². The predicted molar refractivity (Wildman–Crippen MR) is 103 cm³/mol. The van der Waals surface area contributed by atoms with Gasteiger partial charge in [-0.2, -0.15) is 0 Å². The van der Waals surface area contributed by atoms with E-state index < -0.39 is 0 Å². The number of carbonyl (C=O) groups is 1. The third kappa shape index (κ3) is 3.43. The lowest BCUT2D eigenvalue weighted by molar-refractivity contribution is -0.135. The lowest BCUT2D eigenvalue weighted by Crippen LogP contribution is -2.47. The van der Waals surface area contributed by atoms with Crippen LogP contribution in [0, 0.1) is 5.41 Å². The van der Waals surface area contributed by atoms with Crippen molar-refractivity contribution in [1.29, 1.82) is 0 Å². The number of hydrogen-bond donors (Lipinski definition) is 1. The Hall–Kier alpha value is -2.07. The minimum atomic E-state index is -0.0193. The largest absolute Gasteiger partial charge is 0.488 e. The Kier molecular flexibility index (Phi) is 4.62. The number of amides is 1. The second kappa shape index (κ2) is 6.92. The molecule has 1 aliphatic heterocycles. The van der Waals surface area contributed by atoms with Crippen molar-refractivity contribution < 1.29 is 9.53 Å². The molecule has 1 aromatic rings. The second-order valence-electron chi connectivity index (χ2n) is 8.13. The second-order valence-corrected chi connectivity index (χ2v) is 8.13. The highest BCUT2D eigenvalue weighted by atomic mass is 16.5. The molecule has 0 atom stereocenters. The van der Waals surface area contributed by atoms with Gasteiger partial charge in [-0.05, 0) is 30.0 Å². The van der Waals surface area contributed by atoms with E-state index in [1.165, 1.54) is 22.3 Å². The van der Waals surface area contributed by atoms with Gasteiger partial charge >= 0.3 is 0 Å². The monoisotopic (exact) mass is 352 g/mol. The van der Waals surface area contributed by atoms with E-state index in [1.54, 1.807) is 0 Å². The molecule has 4 heteroatoms. The van der Waals surface area contributed by atoms with Crippen LogP contribution in [0.3, 0.4) is 0 Å².